The molecule has 1 aliphatic rings. The summed E-state index contributed by atoms with van der Waals surface area (Å²) < 4.78 is 25.1. The number of aryl methyl sites for hydroxylation is 1. The van der Waals surface area contributed by atoms with E-state index in [0.717, 1.165) is 39.1 Å². The molecule has 0 bridgehead atoms. The molecular weight excluding hydrogens is 461 g/mol. The van der Waals surface area contributed by atoms with Crippen molar-refractivity contribution in [2.45, 2.75) is 39.8 Å². The van der Waals surface area contributed by atoms with Crippen molar-refractivity contribution in [2.75, 3.05) is 12.4 Å². The van der Waals surface area contributed by atoms with Gasteiger partial charge in [0.2, 0.25) is 0 Å². The Morgan fingerprint density at radius 1 is 1.18 bits per heavy atom. The maximum atomic E-state index is 13.9. The first-order chi connectivity index (χ1) is 15.6. The standard InChI is InChI=1S/C26H25ClFNO3S/c1-14-11-26(3,4)29-20-9-8-17(18-7-6-16(28)10-21(18)31-5)19(22(14)20)12-32-25(30)24-23(27)15(2)13-33-24/h6-11,13,29H,12H2,1-5H3. The number of ether oxygens (including phenoxy) is 2. The van der Waals surface area contributed by atoms with E-state index >= 15 is 0 Å². The van der Waals surface area contributed by atoms with Crippen LogP contribution >= 0.6 is 22.9 Å². The molecule has 1 aromatic heterocycles. The quantitative estimate of drug-likeness (QED) is 0.380. The normalized spacial score (nSPS) is 14.2. The number of halogens is 2. The third-order valence-electron chi connectivity index (χ3n) is 5.63. The number of allylic oxidation sites excluding steroid dienone is 1. The SMILES string of the molecule is COc1cc(F)ccc1-c1ccc2c(c1COC(=O)c1scc(C)c1Cl)C(C)=CC(C)(C)N2. The number of anilines is 1. The Hall–Kier alpha value is -2.83. The number of thiophene rings is 1. The lowest BCUT2D eigenvalue weighted by atomic mass is 9.85. The Bertz CT molecular complexity index is 1280. The highest BCUT2D eigenvalue weighted by atomic mass is 35.5. The van der Waals surface area contributed by atoms with E-state index in [1.807, 2.05) is 31.4 Å². The molecule has 2 heterocycles. The van der Waals surface area contributed by atoms with Crippen LogP contribution in [0, 0.1) is 12.7 Å². The van der Waals surface area contributed by atoms with Crippen molar-refractivity contribution in [3.05, 3.63) is 74.2 Å². The van der Waals surface area contributed by atoms with E-state index in [-0.39, 0.29) is 18.0 Å². The van der Waals surface area contributed by atoms with Crippen LogP contribution in [0.5, 0.6) is 5.75 Å². The zero-order valence-electron chi connectivity index (χ0n) is 19.1. The van der Waals surface area contributed by atoms with Crippen LogP contribution in [0.4, 0.5) is 10.1 Å². The van der Waals surface area contributed by atoms with Gasteiger partial charge in [-0.05, 0) is 68.0 Å². The summed E-state index contributed by atoms with van der Waals surface area (Å²) in [4.78, 5) is 13.2. The van der Waals surface area contributed by atoms with Crippen LogP contribution in [0.1, 0.15) is 47.1 Å². The van der Waals surface area contributed by atoms with E-state index < -0.39 is 5.97 Å². The lowest BCUT2D eigenvalue weighted by Crippen LogP contribution is -2.32. The topological polar surface area (TPSA) is 47.6 Å². The molecular formula is C26H25ClFNO3S. The van der Waals surface area contributed by atoms with Gasteiger partial charge >= 0.3 is 5.97 Å². The second-order valence-corrected chi connectivity index (χ2v) is 9.93. The van der Waals surface area contributed by atoms with E-state index in [4.69, 9.17) is 21.1 Å². The van der Waals surface area contributed by atoms with Crippen molar-refractivity contribution in [1.82, 2.24) is 0 Å². The number of rotatable bonds is 5. The molecule has 0 aliphatic carbocycles. The van der Waals surface area contributed by atoms with E-state index in [1.165, 1.54) is 30.6 Å². The molecule has 3 aromatic rings. The minimum atomic E-state index is -0.474. The molecule has 0 unspecified atom stereocenters. The molecule has 7 heteroatoms. The maximum Gasteiger partial charge on any atom is 0.350 e. The molecule has 172 valence electrons. The van der Waals surface area contributed by atoms with Gasteiger partial charge in [0.15, 0.2) is 0 Å². The first-order valence-electron chi connectivity index (χ1n) is 10.5. The summed E-state index contributed by atoms with van der Waals surface area (Å²) >= 11 is 7.54. The van der Waals surface area contributed by atoms with Gasteiger partial charge in [0.1, 0.15) is 23.1 Å². The molecule has 1 aliphatic heterocycles. The number of benzene rings is 2. The maximum absolute atomic E-state index is 13.9. The number of fused-ring (bicyclic) bond motifs is 1. The molecule has 0 spiro atoms. The summed E-state index contributed by atoms with van der Waals surface area (Å²) in [6.07, 6.45) is 2.14. The van der Waals surface area contributed by atoms with Crippen molar-refractivity contribution in [3.63, 3.8) is 0 Å². The van der Waals surface area contributed by atoms with Gasteiger partial charge in [-0.25, -0.2) is 9.18 Å². The summed E-state index contributed by atoms with van der Waals surface area (Å²) in [6.45, 7) is 8.11. The molecule has 33 heavy (non-hydrogen) atoms. The number of methoxy groups -OCH3 is 1. The predicted octanol–water partition coefficient (Wildman–Crippen LogP) is 7.49. The number of carbonyl (C=O) groups is 1. The number of nitrogens with one attached hydrogen (secondary N) is 1. The minimum absolute atomic E-state index is 0.0262. The summed E-state index contributed by atoms with van der Waals surface area (Å²) in [5.74, 6) is -0.452. The number of hydrogen-bond acceptors (Lipinski definition) is 5. The summed E-state index contributed by atoms with van der Waals surface area (Å²) in [6, 6.07) is 8.37. The van der Waals surface area contributed by atoms with Crippen LogP contribution < -0.4 is 10.1 Å². The third-order valence-corrected chi connectivity index (χ3v) is 7.30. The van der Waals surface area contributed by atoms with Gasteiger partial charge in [0, 0.05) is 28.4 Å². The van der Waals surface area contributed by atoms with E-state index in [1.54, 1.807) is 6.07 Å². The molecule has 0 saturated heterocycles. The van der Waals surface area contributed by atoms with Gasteiger partial charge < -0.3 is 14.8 Å². The Morgan fingerprint density at radius 2 is 1.91 bits per heavy atom. The predicted molar refractivity (Wildman–Crippen MR) is 133 cm³/mol. The second kappa shape index (κ2) is 8.84. The first-order valence-corrected chi connectivity index (χ1v) is 11.8. The lowest BCUT2D eigenvalue weighted by Gasteiger charge is -2.33. The monoisotopic (exact) mass is 485 g/mol. The van der Waals surface area contributed by atoms with Crippen LogP contribution in [-0.4, -0.2) is 18.6 Å². The Labute approximate surface area is 202 Å². The fraction of sp³-hybridized carbons (Fsp3) is 0.269. The molecule has 0 fully saturated rings. The summed E-state index contributed by atoms with van der Waals surface area (Å²) in [5.41, 5.74) is 5.92. The molecule has 2 aromatic carbocycles. The van der Waals surface area contributed by atoms with Crippen molar-refractivity contribution < 1.29 is 18.7 Å². The van der Waals surface area contributed by atoms with Crippen molar-refractivity contribution in [1.29, 1.82) is 0 Å². The first kappa shape index (κ1) is 23.3. The van der Waals surface area contributed by atoms with Crippen molar-refractivity contribution >= 4 is 40.2 Å². The van der Waals surface area contributed by atoms with Gasteiger partial charge in [-0.15, -0.1) is 11.3 Å². The highest BCUT2D eigenvalue weighted by Crippen LogP contribution is 2.43. The number of hydrogen-bond donors (Lipinski definition) is 1. The lowest BCUT2D eigenvalue weighted by molar-refractivity contribution is 0.0479. The van der Waals surface area contributed by atoms with Crippen LogP contribution in [0.15, 0.2) is 41.8 Å². The smallest absolute Gasteiger partial charge is 0.350 e. The van der Waals surface area contributed by atoms with Crippen LogP contribution in [-0.2, 0) is 11.3 Å². The molecule has 1 N–H and O–H groups in total. The molecule has 0 radical (unpaired) electrons. The van der Waals surface area contributed by atoms with Gasteiger partial charge in [-0.3, -0.25) is 0 Å². The fourth-order valence-corrected chi connectivity index (χ4v) is 5.42. The molecule has 4 nitrogen and oxygen atoms in total. The molecule has 0 amide bonds. The number of carbonyl (C=O) groups excluding carboxylic acids is 1. The highest BCUT2D eigenvalue weighted by molar-refractivity contribution is 7.12. The molecule has 0 saturated carbocycles. The fourth-order valence-electron chi connectivity index (χ4n) is 4.26. The molecule has 0 atom stereocenters. The summed E-state index contributed by atoms with van der Waals surface area (Å²) in [7, 11) is 1.51. The van der Waals surface area contributed by atoms with E-state index in [2.05, 4.69) is 25.2 Å². The van der Waals surface area contributed by atoms with Crippen molar-refractivity contribution in [2.24, 2.45) is 0 Å². The van der Waals surface area contributed by atoms with Crippen molar-refractivity contribution in [3.8, 4) is 16.9 Å². The minimum Gasteiger partial charge on any atom is -0.496 e. The Kier molecular flexibility index (Phi) is 6.25. The second-order valence-electron chi connectivity index (χ2n) is 8.67. The Balaban J connectivity index is 1.82. The van der Waals surface area contributed by atoms with Gasteiger partial charge in [-0.2, -0.15) is 0 Å². The average Bonchev–Trinajstić information content (AvgIpc) is 3.09. The average molecular weight is 486 g/mol. The van der Waals surface area contributed by atoms with Crippen LogP contribution in [0.3, 0.4) is 0 Å². The zero-order valence-corrected chi connectivity index (χ0v) is 20.7. The highest BCUT2D eigenvalue weighted by Gasteiger charge is 2.27. The zero-order chi connectivity index (χ0) is 23.9. The van der Waals surface area contributed by atoms with Gasteiger partial charge in [0.25, 0.3) is 0 Å². The summed E-state index contributed by atoms with van der Waals surface area (Å²) in [5, 5.41) is 5.78. The number of esters is 1. The third kappa shape index (κ3) is 4.50. The van der Waals surface area contributed by atoms with Gasteiger partial charge in [0.05, 0.1) is 17.7 Å². The van der Waals surface area contributed by atoms with Gasteiger partial charge in [-0.1, -0.05) is 23.7 Å². The Morgan fingerprint density at radius 3 is 2.58 bits per heavy atom. The largest absolute Gasteiger partial charge is 0.496 e. The van der Waals surface area contributed by atoms with Crippen LogP contribution in [0.25, 0.3) is 16.7 Å². The van der Waals surface area contributed by atoms with E-state index in [0.29, 0.717) is 15.6 Å². The van der Waals surface area contributed by atoms with Crippen LogP contribution in [0.2, 0.25) is 5.02 Å². The molecule has 4 rings (SSSR count). The van der Waals surface area contributed by atoms with E-state index in [9.17, 15) is 9.18 Å².